The molecule has 51 heavy (non-hydrogen) atoms. The normalized spacial score (nSPS) is 19.7. The second kappa shape index (κ2) is 13.3. The topological polar surface area (TPSA) is 135 Å². The molecule has 274 valence electrons. The minimum absolute atomic E-state index is 0.233. The fourth-order valence-corrected chi connectivity index (χ4v) is 9.35. The van der Waals surface area contributed by atoms with Crippen LogP contribution < -0.4 is 9.47 Å². The molecule has 2 fully saturated rings. The van der Waals surface area contributed by atoms with Crippen molar-refractivity contribution in [1.29, 1.82) is 0 Å². The number of hydrogen-bond acceptors (Lipinski definition) is 11. The number of pyridine rings is 1. The molecular formula is C38H50N6O6S. The number of likely N-dealkylation sites (tertiary alicyclic amines) is 1. The molecular weight excluding hydrogens is 669 g/mol. The third-order valence-electron chi connectivity index (χ3n) is 10.9. The number of rotatable bonds is 10. The van der Waals surface area contributed by atoms with Crippen LogP contribution in [0.5, 0.6) is 11.8 Å². The average molecular weight is 719 g/mol. The lowest BCUT2D eigenvalue weighted by atomic mass is 9.72. The van der Waals surface area contributed by atoms with Gasteiger partial charge in [-0.1, -0.05) is 18.2 Å². The van der Waals surface area contributed by atoms with E-state index >= 15 is 0 Å². The highest BCUT2D eigenvalue weighted by atomic mass is 32.3. The number of carbonyl (C=O) groups excluding carboxylic acids is 1. The predicted molar refractivity (Wildman–Crippen MR) is 196 cm³/mol. The number of ether oxygens (including phenoxy) is 3. The predicted octanol–water partition coefficient (Wildman–Crippen LogP) is 6.55. The third kappa shape index (κ3) is 6.70. The van der Waals surface area contributed by atoms with Gasteiger partial charge in [0.25, 0.3) is 0 Å². The summed E-state index contributed by atoms with van der Waals surface area (Å²) in [5, 5.41) is 9.66. The maximum atomic E-state index is 13.4. The molecule has 4 aromatic rings. The van der Waals surface area contributed by atoms with Crippen molar-refractivity contribution in [3.8, 4) is 11.8 Å². The van der Waals surface area contributed by atoms with E-state index in [-0.39, 0.29) is 23.3 Å². The Morgan fingerprint density at radius 1 is 1.06 bits per heavy atom. The Hall–Kier alpha value is -3.75. The number of esters is 1. The first-order valence-corrected chi connectivity index (χ1v) is 19.3. The molecule has 13 heteroatoms. The van der Waals surface area contributed by atoms with E-state index in [2.05, 4.69) is 27.2 Å². The number of nitrogens with zero attached hydrogens (tertiary/aromatic N) is 6. The molecule has 1 saturated carbocycles. The van der Waals surface area contributed by atoms with E-state index in [0.717, 1.165) is 77.2 Å². The maximum Gasteiger partial charge on any atom is 0.312 e. The van der Waals surface area contributed by atoms with Crippen LogP contribution in [0.25, 0.3) is 11.0 Å². The molecule has 5 heterocycles. The first-order chi connectivity index (χ1) is 24.2. The van der Waals surface area contributed by atoms with E-state index in [1.165, 1.54) is 20.0 Å². The van der Waals surface area contributed by atoms with Gasteiger partial charge in [0.05, 0.1) is 24.8 Å². The van der Waals surface area contributed by atoms with Crippen LogP contribution in [0.1, 0.15) is 79.1 Å². The van der Waals surface area contributed by atoms with Gasteiger partial charge >= 0.3 is 5.97 Å². The molecule has 3 aromatic heterocycles. The number of hydrogen-bond donors (Lipinski definition) is 2. The van der Waals surface area contributed by atoms with Gasteiger partial charge in [-0.05, 0) is 108 Å². The van der Waals surface area contributed by atoms with Crippen molar-refractivity contribution in [2.24, 2.45) is 12.5 Å². The van der Waals surface area contributed by atoms with Gasteiger partial charge in [-0.15, -0.1) is 15.9 Å². The molecule has 2 N–H and O–H groups in total. The second-order valence-electron chi connectivity index (χ2n) is 15.1. The molecule has 1 spiro atoms. The zero-order valence-electron chi connectivity index (χ0n) is 30.7. The van der Waals surface area contributed by atoms with Gasteiger partial charge in [-0.25, -0.2) is 0 Å². The summed E-state index contributed by atoms with van der Waals surface area (Å²) in [7, 11) is -0.155. The smallest absolute Gasteiger partial charge is 0.312 e. The van der Waals surface area contributed by atoms with Crippen LogP contribution in [0.3, 0.4) is 0 Å². The Kier molecular flexibility index (Phi) is 9.32. The Morgan fingerprint density at radius 2 is 1.80 bits per heavy atom. The second-order valence-corrected chi connectivity index (χ2v) is 17.1. The average Bonchev–Trinajstić information content (AvgIpc) is 3.51. The summed E-state index contributed by atoms with van der Waals surface area (Å²) < 4.78 is 45.8. The molecule has 1 atom stereocenters. The number of benzene rings is 1. The van der Waals surface area contributed by atoms with Crippen molar-refractivity contribution in [3.05, 3.63) is 70.0 Å². The van der Waals surface area contributed by atoms with E-state index in [1.54, 1.807) is 10.4 Å². The number of carbonyl (C=O) groups is 1. The zero-order chi connectivity index (χ0) is 36.3. The third-order valence-corrected chi connectivity index (χ3v) is 12.8. The molecule has 12 nitrogen and oxygen atoms in total. The number of aryl methyl sites for hydroxylation is 4. The molecule has 0 amide bonds. The highest BCUT2D eigenvalue weighted by molar-refractivity contribution is 8.22. The number of aromatic nitrogens is 4. The van der Waals surface area contributed by atoms with E-state index in [0.29, 0.717) is 19.0 Å². The summed E-state index contributed by atoms with van der Waals surface area (Å²) in [6, 6.07) is 12.0. The lowest BCUT2D eigenvalue weighted by Gasteiger charge is -2.42. The Labute approximate surface area is 301 Å². The van der Waals surface area contributed by atoms with Crippen molar-refractivity contribution in [2.45, 2.75) is 83.3 Å². The maximum absolute atomic E-state index is 13.4. The standard InChI is InChI=1S/C38H50N6O6S/c1-24-10-11-27(32(37(4,5)36(45)48-7)30-21-28-19-26(3)40-41-33(28)42(30)6)20-29(24)22-44-23-38(12-13-38)50-35-31(51(44,46)47)18-25(2)34(39-35)49-17-16-43-14-8-9-15-43/h10-11,18-21,32,46-47H,8-9,12-17,22-23H2,1-7H3. The minimum atomic E-state index is -3.51. The van der Waals surface area contributed by atoms with Crippen LogP contribution in [0.4, 0.5) is 0 Å². The molecule has 0 radical (unpaired) electrons. The van der Waals surface area contributed by atoms with E-state index in [1.807, 2.05) is 64.4 Å². The van der Waals surface area contributed by atoms with Crippen molar-refractivity contribution >= 4 is 27.8 Å². The quantitative estimate of drug-likeness (QED) is 0.173. The van der Waals surface area contributed by atoms with E-state index in [9.17, 15) is 13.9 Å². The van der Waals surface area contributed by atoms with Crippen LogP contribution in [0.15, 0.2) is 41.3 Å². The summed E-state index contributed by atoms with van der Waals surface area (Å²) in [6.07, 6.45) is 4.01. The fourth-order valence-electron chi connectivity index (χ4n) is 7.68. The molecule has 1 unspecified atom stereocenters. The lowest BCUT2D eigenvalue weighted by molar-refractivity contribution is -0.151. The minimum Gasteiger partial charge on any atom is -0.476 e. The van der Waals surface area contributed by atoms with Gasteiger partial charge in [0.15, 0.2) is 5.65 Å². The lowest BCUT2D eigenvalue weighted by Crippen LogP contribution is -2.36. The zero-order valence-corrected chi connectivity index (χ0v) is 31.5. The summed E-state index contributed by atoms with van der Waals surface area (Å²) in [6.45, 7) is 13.7. The van der Waals surface area contributed by atoms with Crippen LogP contribution in [0, 0.1) is 26.2 Å². The van der Waals surface area contributed by atoms with Crippen molar-refractivity contribution in [1.82, 2.24) is 29.0 Å². The van der Waals surface area contributed by atoms with Crippen LogP contribution >= 0.6 is 10.8 Å². The van der Waals surface area contributed by atoms with Gasteiger partial charge < -0.3 is 18.8 Å². The van der Waals surface area contributed by atoms with Crippen molar-refractivity contribution in [2.75, 3.05) is 39.9 Å². The fraction of sp³-hybridized carbons (Fsp3) is 0.526. The SMILES string of the molecule is COC(=O)C(C)(C)C(c1ccc(C)c(CN2CC3(CC3)Oc3nc(OCCN4CCCC4)c(C)cc3S2(O)O)c1)c1cc2cc(C)nnc2n1C. The molecule has 0 bridgehead atoms. The van der Waals surface area contributed by atoms with E-state index < -0.39 is 27.7 Å². The van der Waals surface area contributed by atoms with Crippen LogP contribution in [-0.4, -0.2) is 89.5 Å². The monoisotopic (exact) mass is 718 g/mol. The molecule has 1 aliphatic carbocycles. The summed E-state index contributed by atoms with van der Waals surface area (Å²) >= 11 is 0. The first kappa shape index (κ1) is 35.6. The largest absolute Gasteiger partial charge is 0.476 e. The Morgan fingerprint density at radius 3 is 2.51 bits per heavy atom. The van der Waals surface area contributed by atoms with Gasteiger partial charge in [-0.2, -0.15) is 14.4 Å². The Balaban J connectivity index is 1.23. The highest BCUT2D eigenvalue weighted by Gasteiger charge is 2.53. The summed E-state index contributed by atoms with van der Waals surface area (Å²) in [4.78, 5) is 20.8. The van der Waals surface area contributed by atoms with Crippen molar-refractivity contribution in [3.63, 3.8) is 0 Å². The van der Waals surface area contributed by atoms with Crippen molar-refractivity contribution < 1.29 is 28.1 Å². The Bertz CT molecular complexity index is 1970. The molecule has 1 saturated heterocycles. The molecule has 1 aromatic carbocycles. The van der Waals surface area contributed by atoms with Crippen LogP contribution in [0.2, 0.25) is 0 Å². The summed E-state index contributed by atoms with van der Waals surface area (Å²) in [5.41, 5.74) is 4.45. The molecule has 3 aliphatic rings. The highest BCUT2D eigenvalue weighted by Crippen LogP contribution is 2.61. The van der Waals surface area contributed by atoms with Gasteiger partial charge in [-0.3, -0.25) is 18.8 Å². The number of fused-ring (bicyclic) bond motifs is 2. The first-order valence-electron chi connectivity index (χ1n) is 17.8. The number of methoxy groups -OCH3 is 1. The van der Waals surface area contributed by atoms with Gasteiger partial charge in [0.1, 0.15) is 17.1 Å². The van der Waals surface area contributed by atoms with Gasteiger partial charge in [0, 0.05) is 42.7 Å². The van der Waals surface area contributed by atoms with Crippen LogP contribution in [-0.2, 0) is 23.1 Å². The summed E-state index contributed by atoms with van der Waals surface area (Å²) in [5.74, 6) is -0.0562. The van der Waals surface area contributed by atoms with Gasteiger partial charge in [0.2, 0.25) is 11.8 Å². The molecule has 7 rings (SSSR count). The molecule has 2 aliphatic heterocycles. The van der Waals surface area contributed by atoms with E-state index in [4.69, 9.17) is 19.2 Å².